The summed E-state index contributed by atoms with van der Waals surface area (Å²) >= 11 is 1.35. The van der Waals surface area contributed by atoms with E-state index in [-0.39, 0.29) is 41.4 Å². The van der Waals surface area contributed by atoms with Crippen LogP contribution < -0.4 is 15.4 Å². The third-order valence-corrected chi connectivity index (χ3v) is 6.11. The summed E-state index contributed by atoms with van der Waals surface area (Å²) in [5.74, 6) is 1.19. The maximum Gasteiger partial charge on any atom is 0.350 e. The Balaban J connectivity index is 0.00000480. The van der Waals surface area contributed by atoms with Crippen molar-refractivity contribution in [2.24, 2.45) is 4.99 Å². The highest BCUT2D eigenvalue weighted by Crippen LogP contribution is 2.26. The molecule has 1 aromatic heterocycles. The van der Waals surface area contributed by atoms with Crippen LogP contribution in [0.25, 0.3) is 0 Å². The Morgan fingerprint density at radius 1 is 1.29 bits per heavy atom. The Hall–Kier alpha value is -1.88. The number of halogens is 1. The van der Waals surface area contributed by atoms with Gasteiger partial charge in [-0.1, -0.05) is 26.0 Å². The molecule has 0 spiro atoms. The largest absolute Gasteiger partial charge is 0.497 e. The highest BCUT2D eigenvalue weighted by Gasteiger charge is 2.23. The minimum atomic E-state index is -0.324. The van der Waals surface area contributed by atoms with Crippen LogP contribution in [-0.2, 0) is 10.2 Å². The number of nitrogens with zero attached hydrogens (tertiary/aromatic N) is 2. The van der Waals surface area contributed by atoms with Gasteiger partial charge in [0.2, 0.25) is 0 Å². The normalized spacial score (nSPS) is 12.5. The van der Waals surface area contributed by atoms with E-state index in [2.05, 4.69) is 46.6 Å². The fourth-order valence-corrected chi connectivity index (χ4v) is 3.86. The third kappa shape index (κ3) is 7.34. The highest BCUT2D eigenvalue weighted by atomic mass is 127. The Morgan fingerprint density at radius 3 is 2.48 bits per heavy atom. The number of hydrogen-bond donors (Lipinski definition) is 2. The second kappa shape index (κ2) is 12.2. The van der Waals surface area contributed by atoms with Crippen LogP contribution in [0.3, 0.4) is 0 Å². The molecule has 0 bridgehead atoms. The van der Waals surface area contributed by atoms with E-state index >= 15 is 0 Å². The van der Waals surface area contributed by atoms with Gasteiger partial charge in [-0.2, -0.15) is 0 Å². The van der Waals surface area contributed by atoms with Gasteiger partial charge in [-0.15, -0.1) is 35.3 Å². The van der Waals surface area contributed by atoms with Gasteiger partial charge in [-0.3, -0.25) is 4.99 Å². The molecule has 0 aliphatic rings. The average Bonchev–Trinajstić information content (AvgIpc) is 3.13. The van der Waals surface area contributed by atoms with Crippen molar-refractivity contribution in [2.75, 3.05) is 27.3 Å². The zero-order valence-electron chi connectivity index (χ0n) is 19.2. The molecule has 1 heterocycles. The van der Waals surface area contributed by atoms with Crippen molar-refractivity contribution in [3.8, 4) is 5.75 Å². The van der Waals surface area contributed by atoms with Crippen molar-refractivity contribution < 1.29 is 14.3 Å². The van der Waals surface area contributed by atoms with Gasteiger partial charge in [0, 0.05) is 19.0 Å². The number of benzene rings is 1. The Morgan fingerprint density at radius 2 is 1.94 bits per heavy atom. The van der Waals surface area contributed by atoms with Crippen LogP contribution >= 0.6 is 35.3 Å². The summed E-state index contributed by atoms with van der Waals surface area (Å²) in [5, 5.41) is 7.56. The predicted molar refractivity (Wildman–Crippen MR) is 137 cm³/mol. The molecule has 1 atom stereocenters. The van der Waals surface area contributed by atoms with Crippen LogP contribution in [0.2, 0.25) is 0 Å². The first-order chi connectivity index (χ1) is 14.2. The number of thiazole rings is 1. The van der Waals surface area contributed by atoms with Crippen molar-refractivity contribution >= 4 is 47.2 Å². The number of aryl methyl sites for hydroxylation is 1. The number of aliphatic imine (C=N–C) groups is 1. The molecule has 0 aliphatic carbocycles. The topological polar surface area (TPSA) is 84.8 Å². The number of rotatable bonds is 8. The summed E-state index contributed by atoms with van der Waals surface area (Å²) in [4.78, 5) is 21.5. The fourth-order valence-electron chi connectivity index (χ4n) is 2.90. The van der Waals surface area contributed by atoms with Crippen molar-refractivity contribution in [3.05, 3.63) is 45.4 Å². The molecule has 7 nitrogen and oxygen atoms in total. The Labute approximate surface area is 206 Å². The molecule has 9 heteroatoms. The molecule has 31 heavy (non-hydrogen) atoms. The van der Waals surface area contributed by atoms with Gasteiger partial charge in [-0.05, 0) is 38.5 Å². The monoisotopic (exact) mass is 560 g/mol. The van der Waals surface area contributed by atoms with Gasteiger partial charge in [-0.25, -0.2) is 9.78 Å². The number of aromatic nitrogens is 1. The summed E-state index contributed by atoms with van der Waals surface area (Å²) in [6.45, 7) is 11.0. The second-order valence-corrected chi connectivity index (χ2v) is 8.62. The van der Waals surface area contributed by atoms with E-state index in [4.69, 9.17) is 9.47 Å². The van der Waals surface area contributed by atoms with Crippen LogP contribution in [0.1, 0.15) is 59.7 Å². The average molecular weight is 561 g/mol. The number of ether oxygens (including phenoxy) is 2. The maximum absolute atomic E-state index is 12.1. The van der Waals surface area contributed by atoms with Gasteiger partial charge in [0.1, 0.15) is 15.6 Å². The van der Waals surface area contributed by atoms with Crippen LogP contribution in [0.15, 0.2) is 29.3 Å². The number of nitrogens with one attached hydrogen (secondary N) is 2. The number of methoxy groups -OCH3 is 1. The zero-order chi connectivity index (χ0) is 22.3. The van der Waals surface area contributed by atoms with Crippen LogP contribution in [0.4, 0.5) is 0 Å². The summed E-state index contributed by atoms with van der Waals surface area (Å²) in [5.41, 5.74) is 1.78. The number of carbonyl (C=O) groups excluding carboxylic acids is 1. The SMILES string of the molecule is CCOC(=O)c1sc(C(C)NC(=NC)NCC(C)(C)c2ccc(OC)cc2)nc1C.I. The molecule has 0 aliphatic heterocycles. The minimum Gasteiger partial charge on any atom is -0.497 e. The van der Waals surface area contributed by atoms with Crippen molar-refractivity contribution in [3.63, 3.8) is 0 Å². The smallest absolute Gasteiger partial charge is 0.350 e. The number of carbonyl (C=O) groups is 1. The standard InChI is InChI=1S/C22H32N4O3S.HI/c1-8-29-20(27)18-14(2)25-19(30-18)15(3)26-21(23-6)24-13-22(4,5)16-9-11-17(28-7)12-10-16;/h9-12,15H,8,13H2,1-7H3,(H2,23,24,26);1H. The molecule has 0 fully saturated rings. The minimum absolute atomic E-state index is 0. The lowest BCUT2D eigenvalue weighted by atomic mass is 9.84. The Kier molecular flexibility index (Phi) is 10.7. The molecule has 1 unspecified atom stereocenters. The summed E-state index contributed by atoms with van der Waals surface area (Å²) < 4.78 is 10.3. The molecular weight excluding hydrogens is 527 g/mol. The molecule has 0 saturated carbocycles. The summed E-state index contributed by atoms with van der Waals surface area (Å²) in [6.07, 6.45) is 0. The van der Waals surface area contributed by atoms with E-state index in [1.807, 2.05) is 26.0 Å². The van der Waals surface area contributed by atoms with Crippen LogP contribution in [0.5, 0.6) is 5.75 Å². The number of hydrogen-bond acceptors (Lipinski definition) is 6. The molecule has 0 radical (unpaired) electrons. The van der Waals surface area contributed by atoms with E-state index < -0.39 is 0 Å². The summed E-state index contributed by atoms with van der Waals surface area (Å²) in [6, 6.07) is 7.99. The van der Waals surface area contributed by atoms with Gasteiger partial charge in [0.05, 0.1) is 25.5 Å². The molecule has 1 aromatic carbocycles. The first-order valence-corrected chi connectivity index (χ1v) is 10.8. The molecule has 172 valence electrons. The zero-order valence-corrected chi connectivity index (χ0v) is 22.4. The summed E-state index contributed by atoms with van der Waals surface area (Å²) in [7, 11) is 3.40. The van der Waals surface area contributed by atoms with Gasteiger partial charge >= 0.3 is 5.97 Å². The van der Waals surface area contributed by atoms with E-state index in [0.29, 0.717) is 29.7 Å². The molecule has 2 rings (SSSR count). The highest BCUT2D eigenvalue weighted by molar-refractivity contribution is 14.0. The van der Waals surface area contributed by atoms with E-state index in [1.54, 1.807) is 21.1 Å². The lowest BCUT2D eigenvalue weighted by Gasteiger charge is -2.27. The molecule has 0 amide bonds. The maximum atomic E-state index is 12.1. The van der Waals surface area contributed by atoms with Gasteiger partial charge < -0.3 is 20.1 Å². The quantitative estimate of drug-likeness (QED) is 0.215. The van der Waals surface area contributed by atoms with E-state index in [0.717, 1.165) is 10.8 Å². The van der Waals surface area contributed by atoms with Crippen molar-refractivity contribution in [1.82, 2.24) is 15.6 Å². The first kappa shape index (κ1) is 27.2. The lowest BCUT2D eigenvalue weighted by molar-refractivity contribution is 0.0531. The lowest BCUT2D eigenvalue weighted by Crippen LogP contribution is -2.44. The van der Waals surface area contributed by atoms with E-state index in [1.165, 1.54) is 16.9 Å². The van der Waals surface area contributed by atoms with Gasteiger partial charge in [0.25, 0.3) is 0 Å². The molecule has 2 N–H and O–H groups in total. The van der Waals surface area contributed by atoms with Gasteiger partial charge in [0.15, 0.2) is 5.96 Å². The van der Waals surface area contributed by atoms with Crippen LogP contribution in [-0.4, -0.2) is 44.2 Å². The van der Waals surface area contributed by atoms with Crippen LogP contribution in [0, 0.1) is 6.92 Å². The molecule has 2 aromatic rings. The second-order valence-electron chi connectivity index (χ2n) is 7.59. The van der Waals surface area contributed by atoms with Crippen molar-refractivity contribution in [1.29, 1.82) is 0 Å². The predicted octanol–water partition coefficient (Wildman–Crippen LogP) is 4.46. The third-order valence-electron chi connectivity index (χ3n) is 4.79. The first-order valence-electron chi connectivity index (χ1n) is 9.98. The number of esters is 1. The van der Waals surface area contributed by atoms with E-state index in [9.17, 15) is 4.79 Å². The molecule has 0 saturated heterocycles. The Bertz CT molecular complexity index is 881. The molecular formula is C22H33IN4O3S. The fraction of sp³-hybridized carbons (Fsp3) is 0.500. The number of guanidine groups is 1. The van der Waals surface area contributed by atoms with Crippen molar-refractivity contribution in [2.45, 2.75) is 46.1 Å².